The van der Waals surface area contributed by atoms with E-state index in [2.05, 4.69) is 11.1 Å². The van der Waals surface area contributed by atoms with Crippen LogP contribution >= 0.6 is 0 Å². The summed E-state index contributed by atoms with van der Waals surface area (Å²) in [4.78, 5) is 17.8. The van der Waals surface area contributed by atoms with Gasteiger partial charge >= 0.3 is 0 Å². The number of amides is 1. The molecule has 1 atom stereocenters. The van der Waals surface area contributed by atoms with Crippen LogP contribution < -0.4 is 4.90 Å². The first-order chi connectivity index (χ1) is 9.04. The topological polar surface area (TPSA) is 70.1 Å². The summed E-state index contributed by atoms with van der Waals surface area (Å²) >= 11 is 0. The van der Waals surface area contributed by atoms with E-state index >= 15 is 0 Å². The number of carbonyl (C=O) groups is 1. The molecule has 2 aromatic rings. The Bertz CT molecular complexity index is 639. The van der Waals surface area contributed by atoms with Crippen LogP contribution in [0.4, 0.5) is 5.69 Å². The second-order valence-corrected chi connectivity index (χ2v) is 4.75. The maximum Gasteiger partial charge on any atom is 0.244 e. The summed E-state index contributed by atoms with van der Waals surface area (Å²) in [6.45, 7) is 3.72. The third-order valence-electron chi connectivity index (χ3n) is 3.10. The Kier molecular flexibility index (Phi) is 3.52. The summed E-state index contributed by atoms with van der Waals surface area (Å²) in [5, 5.41) is 9.08. The summed E-state index contributed by atoms with van der Waals surface area (Å²) in [5.74, 6) is -0.874. The number of benzene rings is 1. The van der Waals surface area contributed by atoms with Gasteiger partial charge in [-0.15, -0.1) is 0 Å². The third-order valence-corrected chi connectivity index (χ3v) is 3.10. The first kappa shape index (κ1) is 13.1. The van der Waals surface area contributed by atoms with Crippen molar-refractivity contribution in [3.05, 3.63) is 24.6 Å². The van der Waals surface area contributed by atoms with Gasteiger partial charge in [-0.2, -0.15) is 5.26 Å². The minimum atomic E-state index is -0.643. The molecule has 1 aromatic heterocycles. The van der Waals surface area contributed by atoms with Crippen molar-refractivity contribution in [1.29, 1.82) is 5.26 Å². The second kappa shape index (κ2) is 5.11. The molecule has 0 aliphatic carbocycles. The maximum atomic E-state index is 12.2. The zero-order chi connectivity index (χ0) is 14.0. The van der Waals surface area contributed by atoms with Gasteiger partial charge < -0.3 is 9.32 Å². The molecule has 19 heavy (non-hydrogen) atoms. The number of fused-ring (bicyclic) bond motifs is 1. The number of nitrogens with zero attached hydrogens (tertiary/aromatic N) is 3. The Morgan fingerprint density at radius 1 is 1.47 bits per heavy atom. The number of hydrogen-bond donors (Lipinski definition) is 0. The van der Waals surface area contributed by atoms with E-state index in [0.717, 1.165) is 5.52 Å². The lowest BCUT2D eigenvalue weighted by Gasteiger charge is -2.21. The molecule has 0 saturated carbocycles. The normalized spacial score (nSPS) is 12.4. The van der Waals surface area contributed by atoms with Crippen LogP contribution in [-0.4, -0.2) is 17.9 Å². The summed E-state index contributed by atoms with van der Waals surface area (Å²) < 4.78 is 5.21. The van der Waals surface area contributed by atoms with Crippen LogP contribution in [0, 0.1) is 23.2 Å². The van der Waals surface area contributed by atoms with E-state index in [1.54, 1.807) is 25.2 Å². The highest BCUT2D eigenvalue weighted by atomic mass is 16.3. The number of anilines is 1. The van der Waals surface area contributed by atoms with Crippen LogP contribution in [0.5, 0.6) is 0 Å². The molecule has 0 radical (unpaired) electrons. The Morgan fingerprint density at radius 3 is 2.84 bits per heavy atom. The van der Waals surface area contributed by atoms with Crippen molar-refractivity contribution in [2.75, 3.05) is 11.9 Å². The highest BCUT2D eigenvalue weighted by Gasteiger charge is 2.25. The lowest BCUT2D eigenvalue weighted by Crippen LogP contribution is -2.34. The van der Waals surface area contributed by atoms with E-state index in [9.17, 15) is 4.79 Å². The largest absolute Gasteiger partial charge is 0.443 e. The van der Waals surface area contributed by atoms with Gasteiger partial charge in [-0.1, -0.05) is 13.8 Å². The quantitative estimate of drug-likeness (QED) is 0.847. The van der Waals surface area contributed by atoms with E-state index < -0.39 is 5.92 Å². The van der Waals surface area contributed by atoms with E-state index in [4.69, 9.17) is 9.68 Å². The summed E-state index contributed by atoms with van der Waals surface area (Å²) in [6, 6.07) is 7.38. The molecule has 1 amide bonds. The molecule has 5 heteroatoms. The van der Waals surface area contributed by atoms with Crippen molar-refractivity contribution in [2.45, 2.75) is 13.8 Å². The molecule has 1 unspecified atom stereocenters. The van der Waals surface area contributed by atoms with Gasteiger partial charge in [-0.25, -0.2) is 4.98 Å². The Balaban J connectivity index is 2.30. The Hall–Kier alpha value is -2.35. The van der Waals surface area contributed by atoms with Gasteiger partial charge in [0.15, 0.2) is 12.0 Å². The highest BCUT2D eigenvalue weighted by Crippen LogP contribution is 2.23. The number of nitriles is 1. The van der Waals surface area contributed by atoms with E-state index in [1.165, 1.54) is 11.3 Å². The number of oxazole rings is 1. The molecule has 0 aliphatic rings. The average molecular weight is 257 g/mol. The number of hydrogen-bond acceptors (Lipinski definition) is 4. The van der Waals surface area contributed by atoms with Crippen molar-refractivity contribution in [2.24, 2.45) is 11.8 Å². The molecule has 0 bridgehead atoms. The molecule has 0 N–H and O–H groups in total. The zero-order valence-corrected chi connectivity index (χ0v) is 11.1. The van der Waals surface area contributed by atoms with Gasteiger partial charge in [0.1, 0.15) is 11.4 Å². The lowest BCUT2D eigenvalue weighted by atomic mass is 9.96. The highest BCUT2D eigenvalue weighted by molar-refractivity contribution is 5.97. The smallest absolute Gasteiger partial charge is 0.244 e. The molecule has 98 valence electrons. The van der Waals surface area contributed by atoms with Crippen LogP contribution in [0.3, 0.4) is 0 Å². The van der Waals surface area contributed by atoms with Crippen LogP contribution in [-0.2, 0) is 4.79 Å². The monoisotopic (exact) mass is 257 g/mol. The summed E-state index contributed by atoms with van der Waals surface area (Å²) in [6.07, 6.45) is 1.36. The molecule has 0 spiro atoms. The first-order valence-corrected chi connectivity index (χ1v) is 6.05. The zero-order valence-electron chi connectivity index (χ0n) is 11.1. The maximum absolute atomic E-state index is 12.2. The van der Waals surface area contributed by atoms with Crippen molar-refractivity contribution in [3.63, 3.8) is 0 Å². The van der Waals surface area contributed by atoms with E-state index in [0.29, 0.717) is 11.3 Å². The second-order valence-electron chi connectivity index (χ2n) is 4.75. The molecule has 1 heterocycles. The standard InChI is InChI=1S/C14H15N3O2/c1-9(2)11(7-15)14(18)17(3)10-4-5-12-13(6-10)19-8-16-12/h4-6,8-9,11H,1-3H3. The van der Waals surface area contributed by atoms with E-state index in [1.807, 2.05) is 13.8 Å². The molecule has 1 aromatic carbocycles. The van der Waals surface area contributed by atoms with Crippen LogP contribution in [0.15, 0.2) is 29.0 Å². The van der Waals surface area contributed by atoms with Crippen molar-refractivity contribution < 1.29 is 9.21 Å². The number of rotatable bonds is 3. The fourth-order valence-electron chi connectivity index (χ4n) is 1.88. The molecule has 2 rings (SSSR count). The molecule has 0 fully saturated rings. The van der Waals surface area contributed by atoms with Gasteiger partial charge in [0.2, 0.25) is 5.91 Å². The van der Waals surface area contributed by atoms with Gasteiger partial charge in [-0.05, 0) is 18.1 Å². The van der Waals surface area contributed by atoms with E-state index in [-0.39, 0.29) is 11.8 Å². The lowest BCUT2D eigenvalue weighted by molar-refractivity contribution is -0.121. The summed E-state index contributed by atoms with van der Waals surface area (Å²) in [5.41, 5.74) is 2.05. The van der Waals surface area contributed by atoms with Gasteiger partial charge in [0, 0.05) is 18.8 Å². The first-order valence-electron chi connectivity index (χ1n) is 6.05. The fraction of sp³-hybridized carbons (Fsp3) is 0.357. The third kappa shape index (κ3) is 2.43. The molecule has 0 saturated heterocycles. The molecule has 0 aliphatic heterocycles. The van der Waals surface area contributed by atoms with Crippen LogP contribution in [0.2, 0.25) is 0 Å². The minimum absolute atomic E-state index is 0.0195. The minimum Gasteiger partial charge on any atom is -0.443 e. The predicted molar refractivity (Wildman–Crippen MR) is 71.4 cm³/mol. The Labute approximate surface area is 111 Å². The number of aromatic nitrogens is 1. The van der Waals surface area contributed by atoms with Crippen molar-refractivity contribution in [1.82, 2.24) is 4.98 Å². The predicted octanol–water partition coefficient (Wildman–Crippen LogP) is 2.59. The molecular weight excluding hydrogens is 242 g/mol. The number of carbonyl (C=O) groups excluding carboxylic acids is 1. The fourth-order valence-corrected chi connectivity index (χ4v) is 1.88. The van der Waals surface area contributed by atoms with Crippen molar-refractivity contribution >= 4 is 22.7 Å². The van der Waals surface area contributed by atoms with Crippen molar-refractivity contribution in [3.8, 4) is 6.07 Å². The van der Waals surface area contributed by atoms with Crippen LogP contribution in [0.25, 0.3) is 11.1 Å². The summed E-state index contributed by atoms with van der Waals surface area (Å²) in [7, 11) is 1.66. The van der Waals surface area contributed by atoms with Gasteiger partial charge in [0.05, 0.1) is 6.07 Å². The molecular formula is C14H15N3O2. The van der Waals surface area contributed by atoms with Crippen LogP contribution in [0.1, 0.15) is 13.8 Å². The van der Waals surface area contributed by atoms with Gasteiger partial charge in [-0.3, -0.25) is 4.79 Å². The Morgan fingerprint density at radius 2 is 2.21 bits per heavy atom. The average Bonchev–Trinajstić information content (AvgIpc) is 2.85. The van der Waals surface area contributed by atoms with Gasteiger partial charge in [0.25, 0.3) is 0 Å². The molecule has 5 nitrogen and oxygen atoms in total. The SMILES string of the molecule is CC(C)C(C#N)C(=O)N(C)c1ccc2ncoc2c1.